The first kappa shape index (κ1) is 21.1. The Balaban J connectivity index is 2.30. The summed E-state index contributed by atoms with van der Waals surface area (Å²) in [5.41, 5.74) is 0.593. The van der Waals surface area contributed by atoms with Crippen molar-refractivity contribution in [2.45, 2.75) is 10.9 Å². The zero-order valence-electron chi connectivity index (χ0n) is 15.5. The van der Waals surface area contributed by atoms with E-state index in [4.69, 9.17) is 9.47 Å². The molecule has 0 saturated heterocycles. The molecule has 0 radical (unpaired) electrons. The molecule has 0 aliphatic rings. The summed E-state index contributed by atoms with van der Waals surface area (Å²) in [6, 6.07) is 7.43. The standard InChI is InChI=1S/C18H22F2N2O4S/c1-22(2)15(12-6-5-7-13(19)8-12)11-21-27(23,24)18-10-17(26-4)16(25-3)9-14(18)20/h5-10,15,21H,11H2,1-4H3. The van der Waals surface area contributed by atoms with Gasteiger partial charge in [-0.05, 0) is 31.8 Å². The van der Waals surface area contributed by atoms with Crippen LogP contribution in [0.15, 0.2) is 41.3 Å². The number of hydrogen-bond acceptors (Lipinski definition) is 5. The summed E-state index contributed by atoms with van der Waals surface area (Å²) in [7, 11) is 1.95. The van der Waals surface area contributed by atoms with Crippen molar-refractivity contribution in [1.29, 1.82) is 0 Å². The first-order valence-corrected chi connectivity index (χ1v) is 9.51. The number of benzene rings is 2. The van der Waals surface area contributed by atoms with Gasteiger partial charge in [0.05, 0.1) is 14.2 Å². The third-order valence-corrected chi connectivity index (χ3v) is 5.49. The van der Waals surface area contributed by atoms with Crippen LogP contribution in [0.4, 0.5) is 8.78 Å². The van der Waals surface area contributed by atoms with Gasteiger partial charge in [0, 0.05) is 24.7 Å². The Morgan fingerprint density at radius 1 is 1.07 bits per heavy atom. The fraction of sp³-hybridized carbons (Fsp3) is 0.333. The molecule has 0 amide bonds. The van der Waals surface area contributed by atoms with E-state index >= 15 is 0 Å². The Bertz CT molecular complexity index is 904. The average Bonchev–Trinajstić information content (AvgIpc) is 2.61. The smallest absolute Gasteiger partial charge is 0.243 e. The fourth-order valence-electron chi connectivity index (χ4n) is 2.62. The maximum absolute atomic E-state index is 14.3. The van der Waals surface area contributed by atoms with Crippen molar-refractivity contribution in [2.24, 2.45) is 0 Å². The molecule has 2 aromatic rings. The van der Waals surface area contributed by atoms with Crippen LogP contribution in [-0.4, -0.2) is 48.2 Å². The van der Waals surface area contributed by atoms with Crippen LogP contribution < -0.4 is 14.2 Å². The molecule has 2 rings (SSSR count). The molecular formula is C18H22F2N2O4S. The van der Waals surface area contributed by atoms with Crippen molar-refractivity contribution >= 4 is 10.0 Å². The third-order valence-electron chi connectivity index (χ3n) is 4.05. The number of nitrogens with one attached hydrogen (secondary N) is 1. The molecule has 9 heteroatoms. The minimum atomic E-state index is -4.18. The molecule has 0 saturated carbocycles. The Hall–Kier alpha value is -2.23. The quantitative estimate of drug-likeness (QED) is 0.738. The highest BCUT2D eigenvalue weighted by Gasteiger charge is 2.25. The number of methoxy groups -OCH3 is 2. The minimum Gasteiger partial charge on any atom is -0.493 e. The predicted molar refractivity (Wildman–Crippen MR) is 97.5 cm³/mol. The highest BCUT2D eigenvalue weighted by Crippen LogP contribution is 2.32. The van der Waals surface area contributed by atoms with Crippen LogP contribution >= 0.6 is 0 Å². The van der Waals surface area contributed by atoms with Crippen LogP contribution in [0.1, 0.15) is 11.6 Å². The molecule has 0 aliphatic carbocycles. The van der Waals surface area contributed by atoms with Gasteiger partial charge >= 0.3 is 0 Å². The molecule has 0 bridgehead atoms. The number of hydrogen-bond donors (Lipinski definition) is 1. The summed E-state index contributed by atoms with van der Waals surface area (Å²) in [5.74, 6) is -1.21. The number of likely N-dealkylation sites (N-methyl/N-ethyl adjacent to an activating group) is 1. The maximum atomic E-state index is 14.3. The first-order chi connectivity index (χ1) is 12.7. The Kier molecular flexibility index (Phi) is 6.74. The monoisotopic (exact) mass is 400 g/mol. The van der Waals surface area contributed by atoms with Gasteiger partial charge in [-0.3, -0.25) is 0 Å². The molecule has 0 aliphatic heterocycles. The molecule has 2 aromatic carbocycles. The highest BCUT2D eigenvalue weighted by molar-refractivity contribution is 7.89. The molecule has 27 heavy (non-hydrogen) atoms. The lowest BCUT2D eigenvalue weighted by Gasteiger charge is -2.25. The molecule has 0 spiro atoms. The van der Waals surface area contributed by atoms with E-state index in [-0.39, 0.29) is 18.0 Å². The second-order valence-corrected chi connectivity index (χ2v) is 7.76. The van der Waals surface area contributed by atoms with Gasteiger partial charge in [0.25, 0.3) is 0 Å². The van der Waals surface area contributed by atoms with E-state index in [1.54, 1.807) is 31.1 Å². The Morgan fingerprint density at radius 3 is 2.26 bits per heavy atom. The lowest BCUT2D eigenvalue weighted by atomic mass is 10.1. The molecule has 148 valence electrons. The highest BCUT2D eigenvalue weighted by atomic mass is 32.2. The van der Waals surface area contributed by atoms with Gasteiger partial charge in [0.1, 0.15) is 16.5 Å². The van der Waals surface area contributed by atoms with Crippen LogP contribution in [-0.2, 0) is 10.0 Å². The van der Waals surface area contributed by atoms with Crippen molar-refractivity contribution in [2.75, 3.05) is 34.9 Å². The molecule has 1 atom stereocenters. The summed E-state index contributed by atoms with van der Waals surface area (Å²) >= 11 is 0. The minimum absolute atomic E-state index is 0.0768. The van der Waals surface area contributed by atoms with Crippen molar-refractivity contribution in [3.63, 3.8) is 0 Å². The molecule has 1 N–H and O–H groups in total. The van der Waals surface area contributed by atoms with Gasteiger partial charge in [-0.1, -0.05) is 12.1 Å². The SMILES string of the molecule is COc1cc(F)c(S(=O)(=O)NCC(c2cccc(F)c2)N(C)C)cc1OC. The molecular weight excluding hydrogens is 378 g/mol. The van der Waals surface area contributed by atoms with E-state index in [2.05, 4.69) is 4.72 Å². The van der Waals surface area contributed by atoms with Crippen LogP contribution in [0, 0.1) is 11.6 Å². The first-order valence-electron chi connectivity index (χ1n) is 8.02. The summed E-state index contributed by atoms with van der Waals surface area (Å²) in [6.07, 6.45) is 0. The van der Waals surface area contributed by atoms with Crippen molar-refractivity contribution in [1.82, 2.24) is 9.62 Å². The third kappa shape index (κ3) is 4.94. The second kappa shape index (κ2) is 8.64. The van der Waals surface area contributed by atoms with Gasteiger partial charge in [-0.25, -0.2) is 21.9 Å². The Morgan fingerprint density at radius 2 is 1.70 bits per heavy atom. The van der Waals surface area contributed by atoms with Gasteiger partial charge < -0.3 is 14.4 Å². The fourth-order valence-corrected chi connectivity index (χ4v) is 3.73. The van der Waals surface area contributed by atoms with Crippen molar-refractivity contribution in [3.05, 3.63) is 53.6 Å². The normalized spacial score (nSPS) is 12.9. The van der Waals surface area contributed by atoms with Crippen LogP contribution in [0.25, 0.3) is 0 Å². The summed E-state index contributed by atoms with van der Waals surface area (Å²) in [4.78, 5) is 1.18. The van der Waals surface area contributed by atoms with Crippen LogP contribution in [0.5, 0.6) is 11.5 Å². The second-order valence-electron chi connectivity index (χ2n) is 6.02. The number of sulfonamides is 1. The van der Waals surface area contributed by atoms with E-state index in [9.17, 15) is 17.2 Å². The lowest BCUT2D eigenvalue weighted by molar-refractivity contribution is 0.298. The predicted octanol–water partition coefficient (Wildman–Crippen LogP) is 2.56. The lowest BCUT2D eigenvalue weighted by Crippen LogP contribution is -2.35. The summed E-state index contributed by atoms with van der Waals surface area (Å²) < 4.78 is 65.4. The van der Waals surface area contributed by atoms with Gasteiger partial charge in [0.15, 0.2) is 11.5 Å². The summed E-state index contributed by atoms with van der Waals surface area (Å²) in [5, 5.41) is 0. The van der Waals surface area contributed by atoms with E-state index in [1.165, 1.54) is 26.4 Å². The molecule has 0 fully saturated rings. The number of rotatable bonds is 8. The largest absolute Gasteiger partial charge is 0.493 e. The zero-order chi connectivity index (χ0) is 20.2. The van der Waals surface area contributed by atoms with E-state index in [0.717, 1.165) is 12.1 Å². The van der Waals surface area contributed by atoms with Gasteiger partial charge in [0.2, 0.25) is 10.0 Å². The van der Waals surface area contributed by atoms with Crippen LogP contribution in [0.2, 0.25) is 0 Å². The molecule has 0 aromatic heterocycles. The maximum Gasteiger partial charge on any atom is 0.243 e. The molecule has 6 nitrogen and oxygen atoms in total. The zero-order valence-corrected chi connectivity index (χ0v) is 16.3. The number of halogens is 2. The van der Waals surface area contributed by atoms with Gasteiger partial charge in [-0.15, -0.1) is 0 Å². The van der Waals surface area contributed by atoms with Crippen molar-refractivity contribution in [3.8, 4) is 11.5 Å². The number of ether oxygens (including phenoxy) is 2. The summed E-state index contributed by atoms with van der Waals surface area (Å²) in [6.45, 7) is -0.0768. The van der Waals surface area contributed by atoms with Crippen LogP contribution in [0.3, 0.4) is 0 Å². The van der Waals surface area contributed by atoms with Gasteiger partial charge in [-0.2, -0.15) is 0 Å². The Labute approximate surface area is 157 Å². The number of nitrogens with zero attached hydrogens (tertiary/aromatic N) is 1. The van der Waals surface area contributed by atoms with E-state index < -0.39 is 32.6 Å². The topological polar surface area (TPSA) is 67.9 Å². The average molecular weight is 400 g/mol. The van der Waals surface area contributed by atoms with E-state index in [1.807, 2.05) is 0 Å². The molecule has 1 unspecified atom stereocenters. The van der Waals surface area contributed by atoms with Crippen molar-refractivity contribution < 1.29 is 26.7 Å². The molecule has 0 heterocycles. The van der Waals surface area contributed by atoms with E-state index in [0.29, 0.717) is 5.56 Å².